The van der Waals surface area contributed by atoms with E-state index in [9.17, 15) is 13.2 Å². The Labute approximate surface area is 87.8 Å². The minimum atomic E-state index is -2.65. The van der Waals surface area contributed by atoms with E-state index in [-0.39, 0.29) is 5.56 Å². The Hall–Kier alpha value is -0.680. The number of hydrogen-bond donors (Lipinski definition) is 1. The highest BCUT2D eigenvalue weighted by molar-refractivity contribution is 7.83. The van der Waals surface area contributed by atoms with Crippen molar-refractivity contribution in [3.63, 3.8) is 0 Å². The van der Waals surface area contributed by atoms with E-state index in [0.29, 0.717) is 14.3 Å². The van der Waals surface area contributed by atoms with Crippen LogP contribution in [0.1, 0.15) is 12.0 Å². The van der Waals surface area contributed by atoms with Crippen LogP contribution in [-0.2, 0) is 0 Å². The highest BCUT2D eigenvalue weighted by Gasteiger charge is 2.15. The smallest absolute Gasteiger partial charge is 0.207 e. The average Bonchev–Trinajstić information content (AvgIpc) is 2.42. The van der Waals surface area contributed by atoms with E-state index in [1.807, 2.05) is 0 Å². The van der Waals surface area contributed by atoms with Crippen molar-refractivity contribution in [2.24, 2.45) is 0 Å². The zero-order valence-electron chi connectivity index (χ0n) is 6.80. The van der Waals surface area contributed by atoms with Gasteiger partial charge in [-0.25, -0.2) is 13.2 Å². The Bertz CT molecular complexity index is 476. The van der Waals surface area contributed by atoms with Crippen LogP contribution in [0.3, 0.4) is 0 Å². The number of alkyl halides is 2. The lowest BCUT2D eigenvalue weighted by Gasteiger charge is -2.01. The molecule has 5 heteroatoms. The second-order valence-electron chi connectivity index (χ2n) is 2.80. The van der Waals surface area contributed by atoms with Gasteiger partial charge in [0, 0.05) is 10.3 Å². The maximum Gasteiger partial charge on any atom is 0.265 e. The Morgan fingerprint density at radius 1 is 1.21 bits per heavy atom. The molecule has 0 amide bonds. The quantitative estimate of drug-likeness (QED) is 0.700. The molecule has 0 radical (unpaired) electrons. The van der Waals surface area contributed by atoms with Gasteiger partial charge in [0.15, 0.2) is 0 Å². The molecule has 0 fully saturated rings. The Balaban J connectivity index is 2.79. The van der Waals surface area contributed by atoms with Crippen LogP contribution in [0, 0.1) is 5.82 Å². The lowest BCUT2D eigenvalue weighted by molar-refractivity contribution is 0.153. The fraction of sp³-hybridized carbons (Fsp3) is 0.111. The van der Waals surface area contributed by atoms with Crippen LogP contribution in [-0.4, -0.2) is 0 Å². The van der Waals surface area contributed by atoms with E-state index in [2.05, 4.69) is 12.6 Å². The van der Waals surface area contributed by atoms with Gasteiger partial charge in [0.05, 0.1) is 4.21 Å². The number of fused-ring (bicyclic) bond motifs is 1. The predicted octanol–water partition coefficient (Wildman–Crippen LogP) is 4.27. The van der Waals surface area contributed by atoms with Gasteiger partial charge in [0.1, 0.15) is 5.82 Å². The molecule has 0 nitrogen and oxygen atoms in total. The van der Waals surface area contributed by atoms with Crippen LogP contribution < -0.4 is 0 Å². The van der Waals surface area contributed by atoms with Gasteiger partial charge < -0.3 is 0 Å². The van der Waals surface area contributed by atoms with Crippen LogP contribution in [0.4, 0.5) is 13.2 Å². The first kappa shape index (κ1) is 9.86. The Morgan fingerprint density at radius 3 is 2.57 bits per heavy atom. The molecule has 74 valence electrons. The molecule has 1 aromatic heterocycles. The SMILES string of the molecule is Fc1cc(C(F)F)c2sc(S)cc2c1. The van der Waals surface area contributed by atoms with Gasteiger partial charge in [-0.15, -0.1) is 24.0 Å². The summed E-state index contributed by atoms with van der Waals surface area (Å²) < 4.78 is 38.9. The monoisotopic (exact) mass is 234 g/mol. The van der Waals surface area contributed by atoms with E-state index < -0.39 is 12.2 Å². The van der Waals surface area contributed by atoms with Gasteiger partial charge in [-0.05, 0) is 23.6 Å². The second-order valence-corrected chi connectivity index (χ2v) is 4.64. The number of thiophene rings is 1. The molecule has 0 spiro atoms. The normalized spacial score (nSPS) is 11.5. The van der Waals surface area contributed by atoms with Crippen molar-refractivity contribution in [3.8, 4) is 0 Å². The standard InChI is InChI=1S/C9H5F3S2/c10-5-1-4-2-7(13)14-8(4)6(3-5)9(11)12/h1-3,9,13H. The zero-order valence-corrected chi connectivity index (χ0v) is 8.51. The van der Waals surface area contributed by atoms with E-state index in [1.54, 1.807) is 6.07 Å². The fourth-order valence-electron chi connectivity index (χ4n) is 1.29. The van der Waals surface area contributed by atoms with Crippen LogP contribution in [0.2, 0.25) is 0 Å². The molecule has 14 heavy (non-hydrogen) atoms. The summed E-state index contributed by atoms with van der Waals surface area (Å²) in [6, 6.07) is 3.69. The first-order valence-corrected chi connectivity index (χ1v) is 5.04. The van der Waals surface area contributed by atoms with Crippen LogP contribution in [0.25, 0.3) is 10.1 Å². The average molecular weight is 234 g/mol. The van der Waals surface area contributed by atoms with Gasteiger partial charge >= 0.3 is 0 Å². The highest BCUT2D eigenvalue weighted by atomic mass is 32.2. The summed E-state index contributed by atoms with van der Waals surface area (Å²) in [6.07, 6.45) is -2.65. The van der Waals surface area contributed by atoms with Crippen molar-refractivity contribution in [1.29, 1.82) is 0 Å². The molecule has 0 N–H and O–H groups in total. The molecule has 0 aliphatic rings. The Kier molecular flexibility index (Phi) is 2.45. The largest absolute Gasteiger partial charge is 0.265 e. The number of benzene rings is 1. The number of halogens is 3. The summed E-state index contributed by atoms with van der Waals surface area (Å²) in [5, 5.41) is 0.482. The fourth-order valence-corrected chi connectivity index (χ4v) is 2.60. The summed E-state index contributed by atoms with van der Waals surface area (Å²) in [5.74, 6) is -0.640. The van der Waals surface area contributed by atoms with Crippen LogP contribution >= 0.6 is 24.0 Å². The first-order chi connectivity index (χ1) is 6.58. The predicted molar refractivity (Wildman–Crippen MR) is 54.0 cm³/mol. The van der Waals surface area contributed by atoms with Gasteiger partial charge in [0.25, 0.3) is 6.43 Å². The third-order valence-corrected chi connectivity index (χ3v) is 3.24. The molecule has 0 aliphatic carbocycles. The number of hydrogen-bond acceptors (Lipinski definition) is 2. The lowest BCUT2D eigenvalue weighted by atomic mass is 10.1. The number of rotatable bonds is 1. The highest BCUT2D eigenvalue weighted by Crippen LogP contribution is 2.36. The maximum absolute atomic E-state index is 12.9. The third-order valence-electron chi connectivity index (χ3n) is 1.83. The van der Waals surface area contributed by atoms with Crippen molar-refractivity contribution < 1.29 is 13.2 Å². The zero-order chi connectivity index (χ0) is 10.3. The summed E-state index contributed by atoms with van der Waals surface area (Å²) in [5.41, 5.74) is -0.259. The number of thiol groups is 1. The first-order valence-electron chi connectivity index (χ1n) is 3.78. The summed E-state index contributed by atoms with van der Waals surface area (Å²) in [6.45, 7) is 0. The lowest BCUT2D eigenvalue weighted by Crippen LogP contribution is -1.86. The van der Waals surface area contributed by atoms with E-state index in [4.69, 9.17) is 0 Å². The molecule has 0 saturated carbocycles. The van der Waals surface area contributed by atoms with Crippen LogP contribution in [0.15, 0.2) is 22.4 Å². The van der Waals surface area contributed by atoms with Gasteiger partial charge in [0.2, 0.25) is 0 Å². The van der Waals surface area contributed by atoms with Gasteiger partial charge in [-0.1, -0.05) is 0 Å². The molecule has 2 aromatic rings. The van der Waals surface area contributed by atoms with E-state index in [0.717, 1.165) is 17.4 Å². The molecular weight excluding hydrogens is 229 g/mol. The van der Waals surface area contributed by atoms with Crippen molar-refractivity contribution in [1.82, 2.24) is 0 Å². The van der Waals surface area contributed by atoms with Crippen molar-refractivity contribution in [2.75, 3.05) is 0 Å². The van der Waals surface area contributed by atoms with Crippen LogP contribution in [0.5, 0.6) is 0 Å². The minimum Gasteiger partial charge on any atom is -0.207 e. The van der Waals surface area contributed by atoms with Crippen molar-refractivity contribution >= 4 is 34.1 Å². The molecule has 0 saturated heterocycles. The summed E-state index contributed by atoms with van der Waals surface area (Å²) in [4.78, 5) is 0. The third kappa shape index (κ3) is 1.62. The van der Waals surface area contributed by atoms with Gasteiger partial charge in [-0.2, -0.15) is 0 Å². The molecule has 2 rings (SSSR count). The molecule has 0 bridgehead atoms. The van der Waals surface area contributed by atoms with Gasteiger partial charge in [-0.3, -0.25) is 0 Å². The molecule has 1 aromatic carbocycles. The van der Waals surface area contributed by atoms with E-state index >= 15 is 0 Å². The topological polar surface area (TPSA) is 0 Å². The molecule has 1 heterocycles. The Morgan fingerprint density at radius 2 is 1.93 bits per heavy atom. The summed E-state index contributed by atoms with van der Waals surface area (Å²) >= 11 is 5.18. The van der Waals surface area contributed by atoms with Crippen molar-refractivity contribution in [3.05, 3.63) is 29.6 Å². The molecule has 0 atom stereocenters. The second kappa shape index (κ2) is 3.47. The summed E-state index contributed by atoms with van der Waals surface area (Å²) in [7, 11) is 0. The minimum absolute atomic E-state index is 0.259. The van der Waals surface area contributed by atoms with E-state index in [1.165, 1.54) is 6.07 Å². The molecule has 0 unspecified atom stereocenters. The molecule has 0 aliphatic heterocycles. The van der Waals surface area contributed by atoms with Crippen molar-refractivity contribution in [2.45, 2.75) is 10.6 Å². The molecular formula is C9H5F3S2. The maximum atomic E-state index is 12.9.